The third-order valence-corrected chi connectivity index (χ3v) is 6.51. The van der Waals surface area contributed by atoms with Crippen molar-refractivity contribution in [2.24, 2.45) is 0 Å². The maximum atomic E-state index is 6.00. The molecule has 2 unspecified atom stereocenters. The molecule has 1 fully saturated rings. The number of anilines is 1. The Labute approximate surface area is 214 Å². The van der Waals surface area contributed by atoms with E-state index in [9.17, 15) is 0 Å². The van der Waals surface area contributed by atoms with E-state index in [0.717, 1.165) is 34.3 Å². The number of rotatable bonds is 6. The molecule has 1 aliphatic rings. The summed E-state index contributed by atoms with van der Waals surface area (Å²) in [6.45, 7) is 0. The number of hydrogen-bond acceptors (Lipinski definition) is 4. The first-order valence-corrected chi connectivity index (χ1v) is 12.1. The van der Waals surface area contributed by atoms with E-state index >= 15 is 0 Å². The second-order valence-corrected chi connectivity index (χ2v) is 8.81. The van der Waals surface area contributed by atoms with Crippen LogP contribution in [0.5, 0.6) is 11.5 Å². The van der Waals surface area contributed by atoms with Crippen molar-refractivity contribution in [2.75, 3.05) is 4.90 Å². The van der Waals surface area contributed by atoms with Crippen LogP contribution >= 0.6 is 12.2 Å². The smallest absolute Gasteiger partial charge is 0.174 e. The van der Waals surface area contributed by atoms with Crippen LogP contribution in [0.3, 0.4) is 0 Å². The lowest BCUT2D eigenvalue weighted by Crippen LogP contribution is -2.30. The number of para-hydroxylation sites is 1. The average Bonchev–Trinajstić information content (AvgIpc) is 3.55. The van der Waals surface area contributed by atoms with Crippen LogP contribution in [0.4, 0.5) is 5.69 Å². The Morgan fingerprint density at radius 2 is 1.56 bits per heavy atom. The molecule has 0 saturated carbocycles. The SMILES string of the molecule is S=C1NC(c2ccccn2)C(c2cccn2-c2cccnc2)N1c1ccc(Oc2ccccc2)cc1. The number of benzene rings is 2. The molecule has 1 N–H and O–H groups in total. The van der Waals surface area contributed by atoms with E-state index in [1.54, 1.807) is 6.20 Å². The van der Waals surface area contributed by atoms with Gasteiger partial charge in [0.25, 0.3) is 0 Å². The van der Waals surface area contributed by atoms with Gasteiger partial charge in [0.15, 0.2) is 5.11 Å². The van der Waals surface area contributed by atoms with Crippen molar-refractivity contribution in [3.05, 3.63) is 133 Å². The molecule has 6 nitrogen and oxygen atoms in total. The molecule has 0 radical (unpaired) electrons. The summed E-state index contributed by atoms with van der Waals surface area (Å²) < 4.78 is 8.16. The van der Waals surface area contributed by atoms with Gasteiger partial charge in [-0.3, -0.25) is 9.97 Å². The standard InChI is InChI=1S/C29H23N5OS/c36-29-32-27(25-11-4-5-18-31-25)28(26-12-7-19-33(26)22-8-6-17-30-20-22)34(29)21-13-15-24(16-14-21)35-23-9-2-1-3-10-23/h1-20,27-28H,(H,32,36). The first kappa shape index (κ1) is 22.0. The molecule has 7 heteroatoms. The molecule has 0 aliphatic carbocycles. The van der Waals surface area contributed by atoms with Gasteiger partial charge in [0, 0.05) is 30.0 Å². The van der Waals surface area contributed by atoms with Gasteiger partial charge in [-0.25, -0.2) is 0 Å². The number of thiocarbonyl (C=S) groups is 1. The fourth-order valence-corrected chi connectivity index (χ4v) is 4.95. The lowest BCUT2D eigenvalue weighted by atomic mass is 10.0. The third-order valence-electron chi connectivity index (χ3n) is 6.20. The Hall–Kier alpha value is -4.49. The molecule has 4 heterocycles. The van der Waals surface area contributed by atoms with E-state index in [1.807, 2.05) is 103 Å². The van der Waals surface area contributed by atoms with Crippen molar-refractivity contribution in [3.8, 4) is 17.2 Å². The molecule has 0 bridgehead atoms. The molecule has 5 aromatic rings. The van der Waals surface area contributed by atoms with Crippen molar-refractivity contribution < 1.29 is 4.74 Å². The molecule has 1 saturated heterocycles. The molecule has 0 spiro atoms. The Morgan fingerprint density at radius 1 is 0.750 bits per heavy atom. The molecule has 176 valence electrons. The van der Waals surface area contributed by atoms with Crippen LogP contribution in [-0.4, -0.2) is 19.6 Å². The number of nitrogens with zero attached hydrogens (tertiary/aromatic N) is 4. The molecule has 0 amide bonds. The minimum atomic E-state index is -0.136. The Balaban J connectivity index is 1.40. The van der Waals surface area contributed by atoms with Gasteiger partial charge in [0.1, 0.15) is 17.5 Å². The van der Waals surface area contributed by atoms with E-state index in [-0.39, 0.29) is 12.1 Å². The van der Waals surface area contributed by atoms with Crippen molar-refractivity contribution in [1.29, 1.82) is 0 Å². The summed E-state index contributed by atoms with van der Waals surface area (Å²) in [6, 6.07) is 31.6. The maximum absolute atomic E-state index is 6.00. The molecule has 2 atom stereocenters. The molecular formula is C29H23N5OS. The number of nitrogens with one attached hydrogen (secondary N) is 1. The van der Waals surface area contributed by atoms with Crippen LogP contribution in [0.25, 0.3) is 5.69 Å². The van der Waals surface area contributed by atoms with Crippen LogP contribution in [0.15, 0.2) is 122 Å². The summed E-state index contributed by atoms with van der Waals surface area (Å²) in [5, 5.41) is 4.17. The average molecular weight is 490 g/mol. The second-order valence-electron chi connectivity index (χ2n) is 8.42. The molecule has 3 aromatic heterocycles. The topological polar surface area (TPSA) is 55.2 Å². The summed E-state index contributed by atoms with van der Waals surface area (Å²) in [6.07, 6.45) is 7.51. The number of aromatic nitrogens is 3. The van der Waals surface area contributed by atoms with E-state index in [4.69, 9.17) is 17.0 Å². The van der Waals surface area contributed by atoms with Gasteiger partial charge in [-0.2, -0.15) is 0 Å². The van der Waals surface area contributed by atoms with Crippen LogP contribution in [0.1, 0.15) is 23.5 Å². The van der Waals surface area contributed by atoms with Gasteiger partial charge in [0.2, 0.25) is 0 Å². The van der Waals surface area contributed by atoms with Gasteiger partial charge in [-0.05, 0) is 85.0 Å². The lowest BCUT2D eigenvalue weighted by molar-refractivity contribution is 0.482. The van der Waals surface area contributed by atoms with Crippen LogP contribution in [-0.2, 0) is 0 Å². The normalized spacial score (nSPS) is 17.1. The summed E-state index contributed by atoms with van der Waals surface area (Å²) in [7, 11) is 0. The molecule has 1 aliphatic heterocycles. The Bertz CT molecular complexity index is 1460. The van der Waals surface area contributed by atoms with E-state index in [2.05, 4.69) is 37.0 Å². The fraction of sp³-hybridized carbons (Fsp3) is 0.0690. The van der Waals surface area contributed by atoms with E-state index < -0.39 is 0 Å². The molecule has 6 rings (SSSR count). The quantitative estimate of drug-likeness (QED) is 0.285. The number of hydrogen-bond donors (Lipinski definition) is 1. The molecule has 2 aromatic carbocycles. The highest BCUT2D eigenvalue weighted by Gasteiger charge is 2.42. The van der Waals surface area contributed by atoms with Gasteiger partial charge in [-0.1, -0.05) is 24.3 Å². The Kier molecular flexibility index (Phi) is 5.89. The van der Waals surface area contributed by atoms with Crippen LogP contribution in [0, 0.1) is 0 Å². The largest absolute Gasteiger partial charge is 0.457 e. The highest BCUT2D eigenvalue weighted by molar-refractivity contribution is 7.80. The monoisotopic (exact) mass is 489 g/mol. The van der Waals surface area contributed by atoms with Crippen LogP contribution in [0.2, 0.25) is 0 Å². The van der Waals surface area contributed by atoms with Crippen LogP contribution < -0.4 is 15.0 Å². The second kappa shape index (κ2) is 9.64. The van der Waals surface area contributed by atoms with Gasteiger partial charge in [0.05, 0.1) is 23.6 Å². The summed E-state index contributed by atoms with van der Waals surface area (Å²) in [5.74, 6) is 1.56. The summed E-state index contributed by atoms with van der Waals surface area (Å²) >= 11 is 5.88. The van der Waals surface area contributed by atoms with Crippen molar-refractivity contribution >= 4 is 23.0 Å². The summed E-state index contributed by atoms with van der Waals surface area (Å²) in [5.41, 5.74) is 3.96. The lowest BCUT2D eigenvalue weighted by Gasteiger charge is -2.29. The third kappa shape index (κ3) is 4.21. The molecule has 36 heavy (non-hydrogen) atoms. The first-order valence-electron chi connectivity index (χ1n) is 11.7. The predicted octanol–water partition coefficient (Wildman–Crippen LogP) is 6.24. The van der Waals surface area contributed by atoms with Gasteiger partial charge < -0.3 is 19.5 Å². The first-order chi connectivity index (χ1) is 17.8. The van der Waals surface area contributed by atoms with Crippen molar-refractivity contribution in [1.82, 2.24) is 19.9 Å². The summed E-state index contributed by atoms with van der Waals surface area (Å²) in [4.78, 5) is 11.1. The highest BCUT2D eigenvalue weighted by Crippen LogP contribution is 2.42. The van der Waals surface area contributed by atoms with E-state index in [0.29, 0.717) is 5.11 Å². The predicted molar refractivity (Wildman–Crippen MR) is 144 cm³/mol. The fourth-order valence-electron chi connectivity index (χ4n) is 4.60. The minimum absolute atomic E-state index is 0.135. The minimum Gasteiger partial charge on any atom is -0.457 e. The number of ether oxygens (including phenoxy) is 1. The molecular weight excluding hydrogens is 466 g/mol. The number of pyridine rings is 2. The zero-order valence-electron chi connectivity index (χ0n) is 19.3. The van der Waals surface area contributed by atoms with Crippen molar-refractivity contribution in [3.63, 3.8) is 0 Å². The van der Waals surface area contributed by atoms with E-state index in [1.165, 1.54) is 0 Å². The Morgan fingerprint density at radius 3 is 2.31 bits per heavy atom. The van der Waals surface area contributed by atoms with Gasteiger partial charge in [-0.15, -0.1) is 0 Å². The zero-order valence-corrected chi connectivity index (χ0v) is 20.1. The van der Waals surface area contributed by atoms with Gasteiger partial charge >= 0.3 is 0 Å². The zero-order chi connectivity index (χ0) is 24.3. The highest BCUT2D eigenvalue weighted by atomic mass is 32.1. The maximum Gasteiger partial charge on any atom is 0.174 e. The van der Waals surface area contributed by atoms with Crippen molar-refractivity contribution in [2.45, 2.75) is 12.1 Å².